The lowest BCUT2D eigenvalue weighted by molar-refractivity contribution is 0.186. The van der Waals surface area contributed by atoms with Crippen LogP contribution in [0.25, 0.3) is 0 Å². The number of hydrogen-bond acceptors (Lipinski definition) is 2. The fraction of sp³-hybridized carbons (Fsp3) is 1.00. The molecule has 0 saturated carbocycles. The molecule has 0 radical (unpaired) electrons. The maximum atomic E-state index is 8.74. The lowest BCUT2D eigenvalue weighted by Gasteiger charge is -2.25. The van der Waals surface area contributed by atoms with Crippen LogP contribution in [0.15, 0.2) is 0 Å². The predicted octanol–water partition coefficient (Wildman–Crippen LogP) is 0.789. The number of hydrogen-bond donors (Lipinski definition) is 2. The van der Waals surface area contributed by atoms with Crippen LogP contribution in [-0.2, 0) is 0 Å². The van der Waals surface area contributed by atoms with Gasteiger partial charge in [-0.2, -0.15) is 0 Å². The molecule has 0 spiro atoms. The van der Waals surface area contributed by atoms with E-state index < -0.39 is 0 Å². The van der Waals surface area contributed by atoms with Crippen LogP contribution in [0.3, 0.4) is 0 Å². The highest BCUT2D eigenvalue weighted by Gasteiger charge is 2.15. The zero-order valence-corrected chi connectivity index (χ0v) is 7.16. The van der Waals surface area contributed by atoms with Gasteiger partial charge in [0.15, 0.2) is 0 Å². The minimum atomic E-state index is 0. The topological polar surface area (TPSA) is 32.3 Å². The number of aliphatic hydroxyl groups is 1. The number of aliphatic hydroxyl groups excluding tert-OH is 1. The van der Waals surface area contributed by atoms with E-state index in [1.807, 2.05) is 0 Å². The molecular weight excluding hydrogens is 150 g/mol. The van der Waals surface area contributed by atoms with Crippen LogP contribution in [0.5, 0.6) is 0 Å². The molecule has 2 atom stereocenters. The molecule has 10 heavy (non-hydrogen) atoms. The molecule has 2 N–H and O–H groups in total. The molecule has 0 aromatic rings. The summed E-state index contributed by atoms with van der Waals surface area (Å²) in [5, 5.41) is 12.1. The zero-order valence-electron chi connectivity index (χ0n) is 6.34. The van der Waals surface area contributed by atoms with Gasteiger partial charge in [-0.15, -0.1) is 12.4 Å². The second kappa shape index (κ2) is 4.94. The first-order valence-corrected chi connectivity index (χ1v) is 3.67. The van der Waals surface area contributed by atoms with Gasteiger partial charge in [0.05, 0.1) is 0 Å². The first-order chi connectivity index (χ1) is 4.33. The van der Waals surface area contributed by atoms with Crippen molar-refractivity contribution in [2.75, 3.05) is 13.2 Å². The number of piperidine rings is 1. The SMILES string of the molecule is C[C@H]1CC[C@@H](CO)CN1.Cl. The molecule has 1 aliphatic rings. The molecule has 1 fully saturated rings. The summed E-state index contributed by atoms with van der Waals surface area (Å²) in [7, 11) is 0. The van der Waals surface area contributed by atoms with E-state index in [9.17, 15) is 0 Å². The molecular formula is C7H16ClNO. The van der Waals surface area contributed by atoms with E-state index in [-0.39, 0.29) is 12.4 Å². The molecule has 1 rings (SSSR count). The highest BCUT2D eigenvalue weighted by molar-refractivity contribution is 5.85. The summed E-state index contributed by atoms with van der Waals surface area (Å²) in [6.07, 6.45) is 2.40. The molecule has 1 saturated heterocycles. The van der Waals surface area contributed by atoms with E-state index in [1.54, 1.807) is 0 Å². The van der Waals surface area contributed by atoms with Gasteiger partial charge in [-0.3, -0.25) is 0 Å². The Balaban J connectivity index is 0.000000810. The normalized spacial score (nSPS) is 33.0. The highest BCUT2D eigenvalue weighted by Crippen LogP contribution is 2.12. The van der Waals surface area contributed by atoms with Crippen molar-refractivity contribution < 1.29 is 5.11 Å². The minimum Gasteiger partial charge on any atom is -0.396 e. The maximum absolute atomic E-state index is 8.74. The van der Waals surface area contributed by atoms with Gasteiger partial charge in [-0.1, -0.05) is 0 Å². The van der Waals surface area contributed by atoms with Crippen molar-refractivity contribution in [3.8, 4) is 0 Å². The summed E-state index contributed by atoms with van der Waals surface area (Å²) in [6.45, 7) is 3.53. The van der Waals surface area contributed by atoms with Crippen molar-refractivity contribution in [2.45, 2.75) is 25.8 Å². The van der Waals surface area contributed by atoms with Gasteiger partial charge in [0.2, 0.25) is 0 Å². The van der Waals surface area contributed by atoms with Crippen LogP contribution >= 0.6 is 12.4 Å². The minimum absolute atomic E-state index is 0. The third kappa shape index (κ3) is 2.86. The molecule has 1 aliphatic heterocycles. The Hall–Kier alpha value is 0.210. The van der Waals surface area contributed by atoms with E-state index in [1.165, 1.54) is 12.8 Å². The van der Waals surface area contributed by atoms with Crippen molar-refractivity contribution in [3.05, 3.63) is 0 Å². The van der Waals surface area contributed by atoms with Crippen LogP contribution in [0.2, 0.25) is 0 Å². The summed E-state index contributed by atoms with van der Waals surface area (Å²) < 4.78 is 0. The molecule has 0 aromatic heterocycles. The van der Waals surface area contributed by atoms with Crippen LogP contribution < -0.4 is 5.32 Å². The van der Waals surface area contributed by atoms with Crippen LogP contribution in [0.1, 0.15) is 19.8 Å². The number of halogens is 1. The fourth-order valence-electron chi connectivity index (χ4n) is 1.21. The van der Waals surface area contributed by atoms with Gasteiger partial charge in [0.1, 0.15) is 0 Å². The van der Waals surface area contributed by atoms with Crippen LogP contribution in [-0.4, -0.2) is 24.3 Å². The Morgan fingerprint density at radius 2 is 2.20 bits per heavy atom. The molecule has 0 amide bonds. The summed E-state index contributed by atoms with van der Waals surface area (Å²) >= 11 is 0. The maximum Gasteiger partial charge on any atom is 0.0471 e. The molecule has 0 bridgehead atoms. The van der Waals surface area contributed by atoms with Gasteiger partial charge in [0.25, 0.3) is 0 Å². The monoisotopic (exact) mass is 165 g/mol. The Morgan fingerprint density at radius 3 is 2.60 bits per heavy atom. The Morgan fingerprint density at radius 1 is 1.50 bits per heavy atom. The smallest absolute Gasteiger partial charge is 0.0471 e. The lowest BCUT2D eigenvalue weighted by atomic mass is 9.96. The van der Waals surface area contributed by atoms with Crippen molar-refractivity contribution in [3.63, 3.8) is 0 Å². The van der Waals surface area contributed by atoms with Crippen molar-refractivity contribution >= 4 is 12.4 Å². The Bertz CT molecular complexity index is 81.7. The van der Waals surface area contributed by atoms with E-state index in [0.717, 1.165) is 6.54 Å². The number of rotatable bonds is 1. The largest absolute Gasteiger partial charge is 0.396 e. The lowest BCUT2D eigenvalue weighted by Crippen LogP contribution is -2.38. The molecule has 0 aliphatic carbocycles. The molecule has 2 nitrogen and oxygen atoms in total. The molecule has 62 valence electrons. The van der Waals surface area contributed by atoms with Gasteiger partial charge in [-0.05, 0) is 25.7 Å². The van der Waals surface area contributed by atoms with Crippen LogP contribution in [0.4, 0.5) is 0 Å². The molecule has 1 heterocycles. The molecule has 3 heteroatoms. The van der Waals surface area contributed by atoms with Gasteiger partial charge in [-0.25, -0.2) is 0 Å². The Labute approximate surface area is 68.4 Å². The third-order valence-corrected chi connectivity index (χ3v) is 2.02. The predicted molar refractivity (Wildman–Crippen MR) is 44.5 cm³/mol. The van der Waals surface area contributed by atoms with E-state index >= 15 is 0 Å². The van der Waals surface area contributed by atoms with Gasteiger partial charge in [0, 0.05) is 19.2 Å². The highest BCUT2D eigenvalue weighted by atomic mass is 35.5. The summed E-state index contributed by atoms with van der Waals surface area (Å²) in [5.41, 5.74) is 0. The van der Waals surface area contributed by atoms with Crippen molar-refractivity contribution in [1.82, 2.24) is 5.32 Å². The summed E-state index contributed by atoms with van der Waals surface area (Å²) in [6, 6.07) is 0.660. The van der Waals surface area contributed by atoms with E-state index in [4.69, 9.17) is 5.11 Å². The summed E-state index contributed by atoms with van der Waals surface area (Å²) in [4.78, 5) is 0. The zero-order chi connectivity index (χ0) is 6.69. The van der Waals surface area contributed by atoms with Crippen molar-refractivity contribution in [1.29, 1.82) is 0 Å². The summed E-state index contributed by atoms with van der Waals surface area (Å²) in [5.74, 6) is 0.515. The van der Waals surface area contributed by atoms with Crippen LogP contribution in [0, 0.1) is 5.92 Å². The fourth-order valence-corrected chi connectivity index (χ4v) is 1.21. The average molecular weight is 166 g/mol. The third-order valence-electron chi connectivity index (χ3n) is 2.02. The molecule has 0 aromatic carbocycles. The standard InChI is InChI=1S/C7H15NO.ClH/c1-6-2-3-7(5-9)4-8-6;/h6-9H,2-5H2,1H3;1H/t6-,7+;/m0./s1. The number of nitrogens with one attached hydrogen (secondary N) is 1. The first kappa shape index (κ1) is 10.2. The van der Waals surface area contributed by atoms with E-state index in [2.05, 4.69) is 12.2 Å². The second-order valence-electron chi connectivity index (χ2n) is 2.94. The molecule has 0 unspecified atom stereocenters. The van der Waals surface area contributed by atoms with E-state index in [0.29, 0.717) is 18.6 Å². The quantitative estimate of drug-likeness (QED) is 0.602. The first-order valence-electron chi connectivity index (χ1n) is 3.67. The Kier molecular flexibility index (Phi) is 5.04. The van der Waals surface area contributed by atoms with Gasteiger partial charge >= 0.3 is 0 Å². The van der Waals surface area contributed by atoms with Crippen molar-refractivity contribution in [2.24, 2.45) is 5.92 Å². The average Bonchev–Trinajstić information content (AvgIpc) is 1.90. The second-order valence-corrected chi connectivity index (χ2v) is 2.94. The van der Waals surface area contributed by atoms with Gasteiger partial charge < -0.3 is 10.4 Å².